The first-order valence-electron chi connectivity index (χ1n) is 10.9. The molecule has 0 saturated heterocycles. The minimum Gasteiger partial charge on any atom is -0.396 e. The number of benzene rings is 3. The first-order chi connectivity index (χ1) is 14.2. The molecule has 0 spiro atoms. The molecule has 0 amide bonds. The van der Waals surface area contributed by atoms with Gasteiger partial charge in [-0.25, -0.2) is 0 Å². The van der Waals surface area contributed by atoms with Gasteiger partial charge in [0.2, 0.25) is 0 Å². The standard InChI is InChI=1S/C27H34OP/c1-4-22-8-14-25(15-9-22)29(21-7-20-28,26-16-10-23(5-2)11-17-26)27-18-12-24(6-3)13-19-27/h8-19,28H,4-7,20-21H2,1-3H3/q+1. The molecule has 1 N–H and O–H groups in total. The van der Waals surface area contributed by atoms with E-state index in [1.54, 1.807) is 0 Å². The largest absolute Gasteiger partial charge is 0.396 e. The molecule has 3 rings (SSSR count). The SMILES string of the molecule is CCc1ccc([P+](CCCO)(c2ccc(CC)cc2)c2ccc(CC)cc2)cc1. The number of hydrogen-bond donors (Lipinski definition) is 1. The van der Waals surface area contributed by atoms with Gasteiger partial charge in [-0.2, -0.15) is 0 Å². The lowest BCUT2D eigenvalue weighted by molar-refractivity contribution is 0.296. The van der Waals surface area contributed by atoms with E-state index in [0.717, 1.165) is 31.8 Å². The Hall–Kier alpha value is -1.95. The summed E-state index contributed by atoms with van der Waals surface area (Å²) in [5.74, 6) is 0. The predicted octanol–water partition coefficient (Wildman–Crippen LogP) is 5.05. The fourth-order valence-electron chi connectivity index (χ4n) is 4.10. The molecule has 0 saturated carbocycles. The predicted molar refractivity (Wildman–Crippen MR) is 130 cm³/mol. The summed E-state index contributed by atoms with van der Waals surface area (Å²) >= 11 is 0. The average molecular weight is 406 g/mol. The first-order valence-corrected chi connectivity index (χ1v) is 12.9. The lowest BCUT2D eigenvalue weighted by Gasteiger charge is -2.28. The zero-order chi connectivity index (χ0) is 20.7. The van der Waals surface area contributed by atoms with Gasteiger partial charge < -0.3 is 5.11 Å². The summed E-state index contributed by atoms with van der Waals surface area (Å²) in [5.41, 5.74) is 4.12. The highest BCUT2D eigenvalue weighted by atomic mass is 31.2. The second kappa shape index (κ2) is 10.2. The van der Waals surface area contributed by atoms with Crippen molar-refractivity contribution in [2.45, 2.75) is 46.5 Å². The smallest absolute Gasteiger partial charge is 0.112 e. The summed E-state index contributed by atoms with van der Waals surface area (Å²) in [7, 11) is -1.82. The van der Waals surface area contributed by atoms with Gasteiger partial charge in [-0.1, -0.05) is 57.2 Å². The van der Waals surface area contributed by atoms with Crippen LogP contribution in [0.3, 0.4) is 0 Å². The van der Waals surface area contributed by atoms with Crippen LogP contribution in [0.1, 0.15) is 43.9 Å². The van der Waals surface area contributed by atoms with E-state index in [2.05, 4.69) is 93.6 Å². The van der Waals surface area contributed by atoms with Crippen molar-refractivity contribution in [1.29, 1.82) is 0 Å². The summed E-state index contributed by atoms with van der Waals surface area (Å²) in [6, 6.07) is 27.7. The van der Waals surface area contributed by atoms with Gasteiger partial charge in [0.1, 0.15) is 23.2 Å². The van der Waals surface area contributed by atoms with E-state index < -0.39 is 7.26 Å². The van der Waals surface area contributed by atoms with Crippen LogP contribution in [0.4, 0.5) is 0 Å². The van der Waals surface area contributed by atoms with Crippen LogP contribution in [0.25, 0.3) is 0 Å². The van der Waals surface area contributed by atoms with E-state index >= 15 is 0 Å². The Kier molecular flexibility index (Phi) is 7.64. The van der Waals surface area contributed by atoms with Crippen LogP contribution < -0.4 is 15.9 Å². The van der Waals surface area contributed by atoms with Crippen molar-refractivity contribution in [3.05, 3.63) is 89.5 Å². The van der Waals surface area contributed by atoms with Crippen LogP contribution in [0.5, 0.6) is 0 Å². The molecule has 0 fully saturated rings. The van der Waals surface area contributed by atoms with Gasteiger partial charge in [-0.05, 0) is 72.4 Å². The number of aryl methyl sites for hydroxylation is 3. The topological polar surface area (TPSA) is 20.2 Å². The third-order valence-electron chi connectivity index (χ3n) is 6.01. The molecule has 0 heterocycles. The van der Waals surface area contributed by atoms with Gasteiger partial charge in [0.25, 0.3) is 0 Å². The molecule has 0 unspecified atom stereocenters. The molecule has 152 valence electrons. The molecule has 0 radical (unpaired) electrons. The summed E-state index contributed by atoms with van der Waals surface area (Å²) < 4.78 is 0. The fourth-order valence-corrected chi connectivity index (χ4v) is 8.36. The summed E-state index contributed by atoms with van der Waals surface area (Å²) in [5, 5.41) is 14.0. The van der Waals surface area contributed by atoms with Crippen LogP contribution in [-0.2, 0) is 19.3 Å². The molecular formula is C27H34OP+. The molecule has 3 aromatic carbocycles. The molecule has 0 aliphatic carbocycles. The number of rotatable bonds is 9. The Balaban J connectivity index is 2.23. The number of hydrogen-bond acceptors (Lipinski definition) is 1. The molecule has 1 nitrogen and oxygen atoms in total. The Morgan fingerprint density at radius 2 is 0.862 bits per heavy atom. The molecule has 0 aliphatic rings. The highest BCUT2D eigenvalue weighted by molar-refractivity contribution is 7.95. The van der Waals surface area contributed by atoms with E-state index in [9.17, 15) is 5.11 Å². The van der Waals surface area contributed by atoms with E-state index in [4.69, 9.17) is 0 Å². The lowest BCUT2D eigenvalue weighted by atomic mass is 10.2. The Labute approximate surface area is 177 Å². The molecule has 0 atom stereocenters. The van der Waals surface area contributed by atoms with Gasteiger partial charge in [0.05, 0.1) is 6.16 Å². The van der Waals surface area contributed by atoms with Crippen LogP contribution >= 0.6 is 7.26 Å². The second-order valence-corrected chi connectivity index (χ2v) is 11.3. The molecule has 0 aromatic heterocycles. The van der Waals surface area contributed by atoms with Crippen LogP contribution in [-0.4, -0.2) is 17.9 Å². The maximum Gasteiger partial charge on any atom is 0.112 e. The lowest BCUT2D eigenvalue weighted by Crippen LogP contribution is -2.34. The molecule has 0 bridgehead atoms. The third-order valence-corrected chi connectivity index (χ3v) is 10.5. The third kappa shape index (κ3) is 4.63. The van der Waals surface area contributed by atoms with Crippen molar-refractivity contribution in [3.63, 3.8) is 0 Å². The van der Waals surface area contributed by atoms with Gasteiger partial charge >= 0.3 is 0 Å². The average Bonchev–Trinajstić information content (AvgIpc) is 2.80. The Morgan fingerprint density at radius 3 is 1.10 bits per heavy atom. The summed E-state index contributed by atoms with van der Waals surface area (Å²) in [6.07, 6.45) is 4.97. The van der Waals surface area contributed by atoms with Crippen molar-refractivity contribution in [1.82, 2.24) is 0 Å². The second-order valence-electron chi connectivity index (χ2n) is 7.67. The van der Waals surface area contributed by atoms with Gasteiger partial charge in [-0.15, -0.1) is 0 Å². The Bertz CT molecular complexity index is 764. The van der Waals surface area contributed by atoms with Crippen LogP contribution in [0.2, 0.25) is 0 Å². The molecule has 3 aromatic rings. The first kappa shape index (κ1) is 21.8. The summed E-state index contributed by atoms with van der Waals surface area (Å²) in [4.78, 5) is 0. The highest BCUT2D eigenvalue weighted by Gasteiger charge is 2.44. The monoisotopic (exact) mass is 405 g/mol. The maximum atomic E-state index is 9.73. The number of aliphatic hydroxyl groups excluding tert-OH is 1. The fraction of sp³-hybridized carbons (Fsp3) is 0.333. The minimum atomic E-state index is -1.82. The maximum absolute atomic E-state index is 9.73. The summed E-state index contributed by atoms with van der Waals surface area (Å²) in [6.45, 7) is 6.84. The van der Waals surface area contributed by atoms with E-state index in [-0.39, 0.29) is 6.61 Å². The highest BCUT2D eigenvalue weighted by Crippen LogP contribution is 2.55. The minimum absolute atomic E-state index is 0.231. The van der Waals surface area contributed by atoms with E-state index in [1.807, 2.05) is 0 Å². The normalized spacial score (nSPS) is 11.6. The van der Waals surface area contributed by atoms with Gasteiger partial charge in [-0.3, -0.25) is 0 Å². The van der Waals surface area contributed by atoms with Gasteiger partial charge in [0, 0.05) is 13.0 Å². The zero-order valence-corrected chi connectivity index (χ0v) is 19.0. The molecule has 2 heteroatoms. The van der Waals surface area contributed by atoms with Crippen LogP contribution in [0.15, 0.2) is 72.8 Å². The number of aliphatic hydroxyl groups is 1. The van der Waals surface area contributed by atoms with E-state index in [1.165, 1.54) is 32.6 Å². The van der Waals surface area contributed by atoms with Crippen molar-refractivity contribution >= 4 is 23.2 Å². The van der Waals surface area contributed by atoms with Gasteiger partial charge in [0.15, 0.2) is 0 Å². The van der Waals surface area contributed by atoms with E-state index in [0.29, 0.717) is 0 Å². The van der Waals surface area contributed by atoms with Crippen molar-refractivity contribution in [2.24, 2.45) is 0 Å². The van der Waals surface area contributed by atoms with Crippen molar-refractivity contribution < 1.29 is 5.11 Å². The molecule has 0 aliphatic heterocycles. The molecule has 29 heavy (non-hydrogen) atoms. The molecular weight excluding hydrogens is 371 g/mol. The Morgan fingerprint density at radius 1 is 0.552 bits per heavy atom. The zero-order valence-electron chi connectivity index (χ0n) is 18.1. The van der Waals surface area contributed by atoms with Crippen LogP contribution in [0, 0.1) is 0 Å². The quantitative estimate of drug-likeness (QED) is 0.494. The van der Waals surface area contributed by atoms with Crippen molar-refractivity contribution in [3.8, 4) is 0 Å². The van der Waals surface area contributed by atoms with Crippen molar-refractivity contribution in [2.75, 3.05) is 12.8 Å².